The molecule has 0 aromatic rings. The summed E-state index contributed by atoms with van der Waals surface area (Å²) >= 11 is 0. The molecule has 0 fully saturated rings. The molecule has 0 saturated carbocycles. The van der Waals surface area contributed by atoms with Gasteiger partial charge in [0.2, 0.25) is 0 Å². The molecule has 0 saturated heterocycles. The topological polar surface area (TPSA) is 313 Å². The average Bonchev–Trinajstić information content (AvgIpc) is 3.13. The van der Waals surface area contributed by atoms with Crippen LogP contribution in [-0.2, 0) is 4.74 Å². The van der Waals surface area contributed by atoms with Crippen LogP contribution in [0.15, 0.2) is 0 Å². The van der Waals surface area contributed by atoms with Crippen molar-refractivity contribution in [3.63, 3.8) is 0 Å². The van der Waals surface area contributed by atoms with Crippen LogP contribution in [0.4, 0.5) is 0 Å². The number of hydrogen-bond donors (Lipinski definition) is 15. The van der Waals surface area contributed by atoms with E-state index >= 15 is 0 Å². The molecule has 292 valence electrons. The summed E-state index contributed by atoms with van der Waals surface area (Å²) < 4.78 is 4.88. The first-order valence-electron chi connectivity index (χ1n) is 16.2. The van der Waals surface area contributed by atoms with E-state index in [-0.39, 0.29) is 71.5 Å². The van der Waals surface area contributed by atoms with Crippen LogP contribution >= 0.6 is 0 Å². The van der Waals surface area contributed by atoms with Crippen molar-refractivity contribution in [2.24, 2.45) is 16.7 Å². The molecule has 0 heterocycles. The Kier molecular flexibility index (Phi) is 43.5. The summed E-state index contributed by atoms with van der Waals surface area (Å²) in [7, 11) is 0. The minimum Gasteiger partial charge on any atom is -0.396 e. The van der Waals surface area contributed by atoms with E-state index in [2.05, 4.69) is 0 Å². The Bertz CT molecular complexity index is 513. The zero-order chi connectivity index (χ0) is 38.1. The SMILES string of the molecule is CC(CO)C(O)C(O)C(O)CO.CCC(CC)(CO)CO.CCC(CO)(CO)CO.CCC(O)CO.CCC(O)COCC(O)CO. The van der Waals surface area contributed by atoms with Gasteiger partial charge in [-0.15, -0.1) is 0 Å². The first-order valence-corrected chi connectivity index (χ1v) is 16.2. The predicted octanol–water partition coefficient (Wildman–Crippen LogP) is -3.30. The highest BCUT2D eigenvalue weighted by atomic mass is 16.5. The van der Waals surface area contributed by atoms with Gasteiger partial charge in [0.15, 0.2) is 0 Å². The number of hydrogen-bond acceptors (Lipinski definition) is 16. The van der Waals surface area contributed by atoms with Crippen LogP contribution in [0.1, 0.15) is 73.6 Å². The summed E-state index contributed by atoms with van der Waals surface area (Å²) in [5.74, 6) is -0.527. The fraction of sp³-hybridized carbons (Fsp3) is 1.00. The van der Waals surface area contributed by atoms with Crippen LogP contribution in [0.3, 0.4) is 0 Å². The van der Waals surface area contributed by atoms with E-state index in [9.17, 15) is 5.11 Å². The normalized spacial score (nSPS) is 15.8. The van der Waals surface area contributed by atoms with E-state index in [1.165, 1.54) is 6.92 Å². The minimum absolute atomic E-state index is 0.0769. The van der Waals surface area contributed by atoms with Gasteiger partial charge in [0.25, 0.3) is 0 Å². The maximum absolute atomic E-state index is 9.21. The van der Waals surface area contributed by atoms with Crippen molar-refractivity contribution < 1.29 is 81.3 Å². The number of ether oxygens (including phenoxy) is 1. The molecule has 0 aliphatic heterocycles. The third kappa shape index (κ3) is 30.0. The molecule has 7 unspecified atom stereocenters. The van der Waals surface area contributed by atoms with Crippen LogP contribution in [0.25, 0.3) is 0 Å². The second-order valence-corrected chi connectivity index (χ2v) is 11.4. The van der Waals surface area contributed by atoms with Gasteiger partial charge in [0.05, 0.1) is 84.4 Å². The highest BCUT2D eigenvalue weighted by Crippen LogP contribution is 2.23. The van der Waals surface area contributed by atoms with Crippen molar-refractivity contribution in [3.8, 4) is 0 Å². The van der Waals surface area contributed by atoms with Crippen LogP contribution < -0.4 is 0 Å². The summed E-state index contributed by atoms with van der Waals surface area (Å²) in [5.41, 5.74) is -0.889. The van der Waals surface area contributed by atoms with Gasteiger partial charge in [0, 0.05) is 23.4 Å². The molecule has 0 spiro atoms. The van der Waals surface area contributed by atoms with Crippen molar-refractivity contribution >= 4 is 0 Å². The van der Waals surface area contributed by atoms with Crippen molar-refractivity contribution in [2.45, 2.75) is 110 Å². The first-order chi connectivity index (χ1) is 22.0. The Morgan fingerprint density at radius 2 is 0.809 bits per heavy atom. The van der Waals surface area contributed by atoms with E-state index in [1.807, 2.05) is 34.6 Å². The van der Waals surface area contributed by atoms with Gasteiger partial charge in [-0.1, -0.05) is 41.5 Å². The quantitative estimate of drug-likeness (QED) is 0.0558. The molecule has 0 amide bonds. The molecule has 0 aromatic heterocycles. The van der Waals surface area contributed by atoms with Crippen LogP contribution in [-0.4, -0.2) is 186 Å². The van der Waals surface area contributed by atoms with Gasteiger partial charge >= 0.3 is 0 Å². The molecular formula is C31H72O16. The predicted molar refractivity (Wildman–Crippen MR) is 176 cm³/mol. The molecule has 47 heavy (non-hydrogen) atoms. The van der Waals surface area contributed by atoms with E-state index in [0.717, 1.165) is 12.8 Å². The lowest BCUT2D eigenvalue weighted by molar-refractivity contribution is -0.0978. The Labute approximate surface area is 281 Å². The van der Waals surface area contributed by atoms with Gasteiger partial charge in [-0.05, 0) is 32.1 Å². The fourth-order valence-corrected chi connectivity index (χ4v) is 2.65. The lowest BCUT2D eigenvalue weighted by Crippen LogP contribution is -2.43. The minimum atomic E-state index is -1.42. The van der Waals surface area contributed by atoms with E-state index in [1.54, 1.807) is 0 Å². The Morgan fingerprint density at radius 3 is 1.00 bits per heavy atom. The van der Waals surface area contributed by atoms with Gasteiger partial charge in [-0.25, -0.2) is 0 Å². The maximum Gasteiger partial charge on any atom is 0.108 e. The van der Waals surface area contributed by atoms with Crippen molar-refractivity contribution in [2.75, 3.05) is 72.7 Å². The molecule has 7 atom stereocenters. The molecule has 0 rings (SSSR count). The van der Waals surface area contributed by atoms with E-state index in [4.69, 9.17) is 76.2 Å². The van der Waals surface area contributed by atoms with Crippen LogP contribution in [0.2, 0.25) is 0 Å². The maximum atomic E-state index is 9.21. The summed E-state index contributed by atoms with van der Waals surface area (Å²) in [6.07, 6.45) is -2.27. The molecule has 0 aliphatic rings. The molecule has 0 aliphatic carbocycles. The Hall–Kier alpha value is -0.640. The van der Waals surface area contributed by atoms with E-state index < -0.39 is 54.6 Å². The van der Waals surface area contributed by atoms with Gasteiger partial charge in [-0.3, -0.25) is 0 Å². The van der Waals surface area contributed by atoms with E-state index in [0.29, 0.717) is 19.3 Å². The third-order valence-corrected chi connectivity index (χ3v) is 7.71. The zero-order valence-electron chi connectivity index (χ0n) is 29.5. The summed E-state index contributed by atoms with van der Waals surface area (Å²) in [6, 6.07) is 0. The lowest BCUT2D eigenvalue weighted by Gasteiger charge is -2.25. The molecule has 0 radical (unpaired) electrons. The number of aliphatic hydroxyl groups excluding tert-OH is 15. The fourth-order valence-electron chi connectivity index (χ4n) is 2.65. The summed E-state index contributed by atoms with van der Waals surface area (Å²) in [5, 5.41) is 130. The molecule has 16 nitrogen and oxygen atoms in total. The highest BCUT2D eigenvalue weighted by Gasteiger charge is 2.28. The molecule has 16 heteroatoms. The second kappa shape index (κ2) is 36.6. The molecule has 0 aromatic carbocycles. The first kappa shape index (κ1) is 55.8. The van der Waals surface area contributed by atoms with Crippen molar-refractivity contribution in [1.29, 1.82) is 0 Å². The van der Waals surface area contributed by atoms with Gasteiger partial charge in [-0.2, -0.15) is 0 Å². The largest absolute Gasteiger partial charge is 0.396 e. The summed E-state index contributed by atoms with van der Waals surface area (Å²) in [4.78, 5) is 0. The molecule has 0 bridgehead atoms. The average molecular weight is 701 g/mol. The second-order valence-electron chi connectivity index (χ2n) is 11.4. The van der Waals surface area contributed by atoms with Crippen molar-refractivity contribution in [3.05, 3.63) is 0 Å². The van der Waals surface area contributed by atoms with Crippen molar-refractivity contribution in [1.82, 2.24) is 0 Å². The highest BCUT2D eigenvalue weighted by molar-refractivity contribution is 4.78. The third-order valence-electron chi connectivity index (χ3n) is 7.71. The van der Waals surface area contributed by atoms with Crippen LogP contribution in [0, 0.1) is 16.7 Å². The number of aliphatic hydroxyl groups is 15. The Balaban J connectivity index is -0.000000159. The lowest BCUT2D eigenvalue weighted by atomic mass is 9.84. The molecular weight excluding hydrogens is 628 g/mol. The Morgan fingerprint density at radius 1 is 0.447 bits per heavy atom. The number of rotatable bonds is 21. The van der Waals surface area contributed by atoms with Crippen LogP contribution in [0.5, 0.6) is 0 Å². The van der Waals surface area contributed by atoms with Gasteiger partial charge in [0.1, 0.15) is 18.3 Å². The molecule has 15 N–H and O–H groups in total. The van der Waals surface area contributed by atoms with Gasteiger partial charge < -0.3 is 81.3 Å². The monoisotopic (exact) mass is 700 g/mol. The standard InChI is InChI=1S/C7H16O5.C7H16O4.C7H16O2.C6H14O3.C4H10O2/c1-4(2-8)6(11)7(12)5(10)3-9;1-2-6(9)4-11-5-7(10)3-8;1-3-7(4-2,5-8)6-9;1-2-6(3-7,4-8)5-9;1-2-4(6)3-5/h4-12H,2-3H2,1H3;6-10H,2-5H2,1H3;8-9H,3-6H2,1-2H3;7-9H,2-5H2,1H3;4-6H,2-3H2,1H3. The zero-order valence-corrected chi connectivity index (χ0v) is 29.5. The summed E-state index contributed by atoms with van der Waals surface area (Å²) in [6.45, 7) is 9.67. The smallest absolute Gasteiger partial charge is 0.108 e.